The van der Waals surface area contributed by atoms with Gasteiger partial charge in [-0.15, -0.1) is 0 Å². The van der Waals surface area contributed by atoms with Gasteiger partial charge in [-0.05, 0) is 16.0 Å². The highest BCUT2D eigenvalue weighted by atomic mass is 35.5. The van der Waals surface area contributed by atoms with Crippen LogP contribution in [0.3, 0.4) is 0 Å². The summed E-state index contributed by atoms with van der Waals surface area (Å²) in [5.41, 5.74) is 7.84. The van der Waals surface area contributed by atoms with Gasteiger partial charge in [-0.2, -0.15) is 11.5 Å². The van der Waals surface area contributed by atoms with Gasteiger partial charge >= 0.3 is 0 Å². The van der Waals surface area contributed by atoms with Crippen molar-refractivity contribution in [3.05, 3.63) is 29.8 Å². The molecule has 3 rings (SSSR count). The Morgan fingerprint density at radius 2 is 1.48 bits per heavy atom. The van der Waals surface area contributed by atoms with Crippen LogP contribution in [0.1, 0.15) is 5.56 Å². The van der Waals surface area contributed by atoms with Crippen molar-refractivity contribution in [3.63, 3.8) is 0 Å². The second-order valence-electron chi connectivity index (χ2n) is 9.16. The van der Waals surface area contributed by atoms with Crippen LogP contribution >= 0.6 is 11.5 Å². The largest absolute Gasteiger partial charge is 0.316 e. The summed E-state index contributed by atoms with van der Waals surface area (Å²) in [6, 6.07) is 7.94. The number of rotatable bonds is 0. The number of Topliss-reactive ketones (excluding diaryl/α,β-unsaturated/α-hetero) is 1. The molecule has 1 heterocycles. The number of ketones is 1. The molecule has 2 aliphatic rings. The van der Waals surface area contributed by atoms with Crippen LogP contribution in [0.2, 0.25) is 20.9 Å². The third kappa shape index (κ3) is 1.50. The predicted octanol–water partition coefficient (Wildman–Crippen LogP) is -5.65. The molecule has 0 aromatic heterocycles. The average molecular weight is 316 g/mol. The average Bonchev–Trinajstić information content (AvgIpc) is 2.67. The van der Waals surface area contributed by atoms with Gasteiger partial charge in [0, 0.05) is 0 Å². The zero-order valence-corrected chi connectivity index (χ0v) is 16.0. The van der Waals surface area contributed by atoms with Crippen LogP contribution in [0.25, 0.3) is 0 Å². The first-order chi connectivity index (χ1) is 10.3. The van der Waals surface area contributed by atoms with Gasteiger partial charge in [0.15, 0.2) is 0 Å². The van der Waals surface area contributed by atoms with Gasteiger partial charge in [0.25, 0.3) is 6.13 Å². The van der Waals surface area contributed by atoms with E-state index in [1.807, 2.05) is 40.0 Å². The van der Waals surface area contributed by atoms with Crippen LogP contribution in [0.5, 0.6) is 0 Å². The van der Waals surface area contributed by atoms with Gasteiger partial charge in [0.2, 0.25) is 0 Å². The van der Waals surface area contributed by atoms with Crippen molar-refractivity contribution in [1.82, 2.24) is 0 Å². The fourth-order valence-corrected chi connectivity index (χ4v) is 5.88. The first kappa shape index (κ1) is 17.5. The zero-order chi connectivity index (χ0) is 17.6. The summed E-state index contributed by atoms with van der Waals surface area (Å²) in [6.45, 7) is 0. The zero-order valence-electron chi connectivity index (χ0n) is 15.3. The third-order valence-corrected chi connectivity index (χ3v) is 9.01. The summed E-state index contributed by atoms with van der Waals surface area (Å²) in [5, 5.41) is -1.58. The monoisotopic (exact) mass is 317 g/mol. The molecule has 1 aliphatic heterocycles. The van der Waals surface area contributed by atoms with E-state index in [-0.39, 0.29) is 22.3 Å². The van der Waals surface area contributed by atoms with E-state index in [2.05, 4.69) is 39.2 Å². The molecule has 0 radical (unpaired) electrons. The van der Waals surface area contributed by atoms with Crippen LogP contribution in [-0.2, 0) is 10.3 Å². The van der Waals surface area contributed by atoms with E-state index >= 15 is 0 Å². The molecule has 0 bridgehead atoms. The highest BCUT2D eigenvalue weighted by Gasteiger charge is 2.76. The van der Waals surface area contributed by atoms with Gasteiger partial charge in [0.05, 0.1) is 36.9 Å². The fourth-order valence-electron chi connectivity index (χ4n) is 5.24. The lowest BCUT2D eigenvalue weighted by molar-refractivity contribution is -0.128. The minimum atomic E-state index is -1.06. The normalized spacial score (nSPS) is 36.3. The van der Waals surface area contributed by atoms with Crippen molar-refractivity contribution >= 4 is 83.8 Å². The molecule has 1 fully saturated rings. The minimum Gasteiger partial charge on any atom is -0.316 e. The number of carbonyl (C=O) groups excluding carboxylic acids is 1. The Morgan fingerprint density at radius 3 is 2.04 bits per heavy atom. The van der Waals surface area contributed by atoms with E-state index in [0.717, 1.165) is 11.0 Å². The number of hydrogen-bond acceptors (Lipinski definition) is 2. The molecule has 1 saturated carbocycles. The Kier molecular flexibility index (Phi) is 3.37. The lowest BCUT2D eigenvalue weighted by atomic mass is 9.04. The van der Waals surface area contributed by atoms with Crippen molar-refractivity contribution in [2.24, 2.45) is 5.73 Å². The first-order valence-corrected chi connectivity index (χ1v) is 8.80. The maximum absolute atomic E-state index is 13.7. The summed E-state index contributed by atoms with van der Waals surface area (Å²) in [5.74, 6) is 0.104. The van der Waals surface area contributed by atoms with E-state index in [0.29, 0.717) is 0 Å². The standard InChI is InChI=1S/C12H20B8ClNO/c13-9(14)7(23)8(22)5-3-1-2-4-6(5)20(21)12(8,19)11(17,18)10(9,15)16/h1-4H,13-19,22H2. The second kappa shape index (κ2) is 4.43. The quantitative estimate of drug-likeness (QED) is 0.485. The lowest BCUT2D eigenvalue weighted by Crippen LogP contribution is -2.72. The van der Waals surface area contributed by atoms with E-state index in [4.69, 9.17) is 17.2 Å². The SMILES string of the molecule is BC1(B)C(=O)C2(N)c3ccccc3B(Cl)C2(B)C(B)(B)C1(B)B. The molecule has 2 nitrogen and oxygen atoms in total. The lowest BCUT2D eigenvalue weighted by Gasteiger charge is -2.70. The molecule has 1 aliphatic carbocycles. The minimum absolute atomic E-state index is 0.104. The van der Waals surface area contributed by atoms with E-state index in [1.165, 1.54) is 0 Å². The Hall–Kier alpha value is -0.341. The summed E-state index contributed by atoms with van der Waals surface area (Å²) in [7, 11) is 15.0. The Morgan fingerprint density at radius 1 is 0.957 bits per heavy atom. The van der Waals surface area contributed by atoms with Gasteiger partial charge in [-0.3, -0.25) is 4.79 Å². The first-order valence-electron chi connectivity index (χ1n) is 8.37. The van der Waals surface area contributed by atoms with Crippen molar-refractivity contribution in [3.8, 4) is 0 Å². The van der Waals surface area contributed by atoms with Crippen LogP contribution in [0.15, 0.2) is 24.3 Å². The molecule has 110 valence electrons. The molecule has 2 unspecified atom stereocenters. The molecular formula is C12H20B8ClNO. The van der Waals surface area contributed by atoms with Gasteiger partial charge in [0.1, 0.15) is 29.3 Å². The number of nitrogens with two attached hydrogens (primary N) is 1. The Balaban J connectivity index is 2.45. The molecular weight excluding hydrogens is 296 g/mol. The van der Waals surface area contributed by atoms with Crippen molar-refractivity contribution < 1.29 is 4.79 Å². The fraction of sp³-hybridized carbons (Fsp3) is 0.417. The summed E-state index contributed by atoms with van der Waals surface area (Å²) >= 11 is 6.99. The van der Waals surface area contributed by atoms with Crippen LogP contribution < -0.4 is 11.2 Å². The molecule has 0 saturated heterocycles. The predicted molar refractivity (Wildman–Crippen MR) is 119 cm³/mol. The van der Waals surface area contributed by atoms with Crippen LogP contribution in [0, 0.1) is 0 Å². The number of carbonyl (C=O) groups is 1. The Labute approximate surface area is 150 Å². The molecule has 1 aromatic carbocycles. The van der Waals surface area contributed by atoms with E-state index < -0.39 is 16.0 Å². The second-order valence-corrected chi connectivity index (χ2v) is 9.60. The summed E-state index contributed by atoms with van der Waals surface area (Å²) in [4.78, 5) is 13.7. The summed E-state index contributed by atoms with van der Waals surface area (Å²) < 4.78 is 0. The van der Waals surface area contributed by atoms with Crippen molar-refractivity contribution in [2.45, 2.75) is 26.4 Å². The topological polar surface area (TPSA) is 43.1 Å². The van der Waals surface area contributed by atoms with Crippen molar-refractivity contribution in [2.75, 3.05) is 0 Å². The maximum atomic E-state index is 13.7. The molecule has 2 atom stereocenters. The molecule has 2 N–H and O–H groups in total. The smallest absolute Gasteiger partial charge is 0.283 e. The van der Waals surface area contributed by atoms with Gasteiger partial charge < -0.3 is 5.73 Å². The summed E-state index contributed by atoms with van der Waals surface area (Å²) in [6.07, 6.45) is -0.280. The van der Waals surface area contributed by atoms with Crippen LogP contribution in [0.4, 0.5) is 0 Å². The van der Waals surface area contributed by atoms with Gasteiger partial charge in [-0.25, -0.2) is 0 Å². The molecule has 0 amide bonds. The highest BCUT2D eigenvalue weighted by Crippen LogP contribution is 2.77. The number of hydrogen-bond donors (Lipinski definition) is 1. The van der Waals surface area contributed by atoms with Gasteiger partial charge in [-0.1, -0.05) is 40.2 Å². The molecule has 1 aromatic rings. The number of benzene rings is 1. The number of fused-ring (bicyclic) bond motifs is 3. The molecule has 11 heteroatoms. The third-order valence-electron chi connectivity index (χ3n) is 8.33. The van der Waals surface area contributed by atoms with Crippen molar-refractivity contribution in [1.29, 1.82) is 0 Å². The highest BCUT2D eigenvalue weighted by molar-refractivity contribution is 7.20. The van der Waals surface area contributed by atoms with E-state index in [9.17, 15) is 4.79 Å². The van der Waals surface area contributed by atoms with Crippen LogP contribution in [-0.4, -0.2) is 66.8 Å². The van der Waals surface area contributed by atoms with E-state index in [1.54, 1.807) is 0 Å². The maximum Gasteiger partial charge on any atom is 0.283 e. The Bertz CT molecular complexity index is 725. The molecule has 0 spiro atoms. The number of halogens is 1. The molecule has 23 heavy (non-hydrogen) atoms.